The van der Waals surface area contributed by atoms with Gasteiger partial charge in [0.1, 0.15) is 0 Å². The number of aromatic amines is 1. The second-order valence-corrected chi connectivity index (χ2v) is 5.59. The highest BCUT2D eigenvalue weighted by Gasteiger charge is 2.11. The number of aromatic nitrogens is 2. The van der Waals surface area contributed by atoms with Crippen molar-refractivity contribution < 1.29 is 0 Å². The molecule has 0 saturated heterocycles. The van der Waals surface area contributed by atoms with Gasteiger partial charge in [-0.3, -0.25) is 4.57 Å². The van der Waals surface area contributed by atoms with Crippen LogP contribution in [0.1, 0.15) is 0 Å². The van der Waals surface area contributed by atoms with Gasteiger partial charge in [-0.05, 0) is 30.6 Å². The zero-order valence-electron chi connectivity index (χ0n) is 11.0. The summed E-state index contributed by atoms with van der Waals surface area (Å²) in [6, 6.07) is 18.6. The van der Waals surface area contributed by atoms with Crippen molar-refractivity contribution in [1.82, 2.24) is 9.55 Å². The highest BCUT2D eigenvalue weighted by atomic mass is 32.2. The Kier molecular flexibility index (Phi) is 3.76. The molecule has 3 rings (SSSR count). The molecule has 1 aromatic heterocycles. The Balaban J connectivity index is 2.25. The summed E-state index contributed by atoms with van der Waals surface area (Å²) in [6.45, 7) is 0. The Morgan fingerprint density at radius 2 is 1.70 bits per heavy atom. The van der Waals surface area contributed by atoms with Crippen molar-refractivity contribution in [2.24, 2.45) is 0 Å². The number of rotatable bonds is 3. The first kappa shape index (κ1) is 13.2. The molecule has 4 heteroatoms. The van der Waals surface area contributed by atoms with Gasteiger partial charge in [0.25, 0.3) is 0 Å². The molecule has 100 valence electrons. The van der Waals surface area contributed by atoms with Gasteiger partial charge in [0, 0.05) is 16.7 Å². The van der Waals surface area contributed by atoms with Crippen LogP contribution in [0.15, 0.2) is 65.7 Å². The van der Waals surface area contributed by atoms with E-state index in [-0.39, 0.29) is 0 Å². The van der Waals surface area contributed by atoms with Gasteiger partial charge < -0.3 is 4.98 Å². The highest BCUT2D eigenvalue weighted by Crippen LogP contribution is 2.29. The molecule has 1 N–H and O–H groups in total. The molecular formula is C16H14N2S2. The van der Waals surface area contributed by atoms with Crippen LogP contribution >= 0.6 is 24.0 Å². The molecule has 0 fully saturated rings. The van der Waals surface area contributed by atoms with E-state index in [2.05, 4.69) is 40.1 Å². The van der Waals surface area contributed by atoms with Crippen molar-refractivity contribution in [3.63, 3.8) is 0 Å². The number of thioether (sulfide) groups is 1. The van der Waals surface area contributed by atoms with Gasteiger partial charge >= 0.3 is 0 Å². The van der Waals surface area contributed by atoms with Crippen molar-refractivity contribution in [1.29, 1.82) is 0 Å². The van der Waals surface area contributed by atoms with Crippen LogP contribution < -0.4 is 0 Å². The molecule has 2 aromatic carbocycles. The van der Waals surface area contributed by atoms with Crippen LogP contribution in [0.4, 0.5) is 0 Å². The Hall–Kier alpha value is -1.78. The molecule has 0 aliphatic heterocycles. The smallest absolute Gasteiger partial charge is 0.182 e. The molecule has 0 bridgehead atoms. The lowest BCUT2D eigenvalue weighted by Crippen LogP contribution is -1.98. The Morgan fingerprint density at radius 1 is 1.00 bits per heavy atom. The van der Waals surface area contributed by atoms with Crippen LogP contribution in [0, 0.1) is 4.77 Å². The van der Waals surface area contributed by atoms with E-state index in [1.165, 1.54) is 4.90 Å². The fourth-order valence-corrected chi connectivity index (χ4v) is 3.08. The molecule has 0 saturated carbocycles. The van der Waals surface area contributed by atoms with Gasteiger partial charge in [0.2, 0.25) is 0 Å². The normalized spacial score (nSPS) is 10.7. The van der Waals surface area contributed by atoms with E-state index >= 15 is 0 Å². The first-order chi connectivity index (χ1) is 9.81. The summed E-state index contributed by atoms with van der Waals surface area (Å²) in [6.07, 6.45) is 4.05. The molecule has 20 heavy (non-hydrogen) atoms. The van der Waals surface area contributed by atoms with Crippen LogP contribution in [0.25, 0.3) is 16.9 Å². The Labute approximate surface area is 127 Å². The maximum Gasteiger partial charge on any atom is 0.182 e. The number of benzene rings is 2. The van der Waals surface area contributed by atoms with E-state index < -0.39 is 0 Å². The lowest BCUT2D eigenvalue weighted by atomic mass is 10.1. The quantitative estimate of drug-likeness (QED) is 0.547. The van der Waals surface area contributed by atoms with E-state index in [0.29, 0.717) is 4.77 Å². The van der Waals surface area contributed by atoms with Crippen LogP contribution in [0.5, 0.6) is 0 Å². The minimum Gasteiger partial charge on any atom is -0.336 e. The van der Waals surface area contributed by atoms with Crippen LogP contribution in [0.2, 0.25) is 0 Å². The van der Waals surface area contributed by atoms with E-state index in [0.717, 1.165) is 16.9 Å². The van der Waals surface area contributed by atoms with Crippen molar-refractivity contribution in [3.8, 4) is 16.9 Å². The average molecular weight is 298 g/mol. The van der Waals surface area contributed by atoms with Crippen molar-refractivity contribution in [3.05, 3.63) is 65.6 Å². The van der Waals surface area contributed by atoms with Gasteiger partial charge in [-0.1, -0.05) is 42.5 Å². The SMILES string of the molecule is CSc1ccccc1-n1c(-c2ccccc2)c[nH]c1=S. The van der Waals surface area contributed by atoms with Crippen molar-refractivity contribution in [2.45, 2.75) is 4.90 Å². The summed E-state index contributed by atoms with van der Waals surface area (Å²) >= 11 is 7.19. The zero-order valence-corrected chi connectivity index (χ0v) is 12.7. The molecule has 0 unspecified atom stereocenters. The Morgan fingerprint density at radius 3 is 2.45 bits per heavy atom. The van der Waals surface area contributed by atoms with E-state index in [1.54, 1.807) is 11.8 Å². The number of nitrogens with zero attached hydrogens (tertiary/aromatic N) is 1. The number of H-pyrrole nitrogens is 1. The van der Waals surface area contributed by atoms with Crippen molar-refractivity contribution >= 4 is 24.0 Å². The largest absolute Gasteiger partial charge is 0.336 e. The predicted octanol–water partition coefficient (Wildman–Crippen LogP) is 4.92. The van der Waals surface area contributed by atoms with Gasteiger partial charge in [0.05, 0.1) is 11.4 Å². The number of hydrogen-bond donors (Lipinski definition) is 1. The molecule has 1 heterocycles. The third-order valence-corrected chi connectivity index (χ3v) is 4.26. The fraction of sp³-hybridized carbons (Fsp3) is 0.0625. The van der Waals surface area contributed by atoms with Gasteiger partial charge in [-0.2, -0.15) is 0 Å². The maximum absolute atomic E-state index is 5.46. The molecule has 0 radical (unpaired) electrons. The molecule has 0 spiro atoms. The predicted molar refractivity (Wildman–Crippen MR) is 88.2 cm³/mol. The summed E-state index contributed by atoms with van der Waals surface area (Å²) in [5.74, 6) is 0. The zero-order chi connectivity index (χ0) is 13.9. The summed E-state index contributed by atoms with van der Waals surface area (Å²) < 4.78 is 2.81. The van der Waals surface area contributed by atoms with E-state index in [9.17, 15) is 0 Å². The highest BCUT2D eigenvalue weighted by molar-refractivity contribution is 7.98. The minimum atomic E-state index is 0.713. The van der Waals surface area contributed by atoms with Crippen LogP contribution in [-0.2, 0) is 0 Å². The maximum atomic E-state index is 5.46. The first-order valence-corrected chi connectivity index (χ1v) is 7.94. The fourth-order valence-electron chi connectivity index (χ4n) is 2.24. The molecule has 3 aromatic rings. The number of imidazole rings is 1. The third kappa shape index (κ3) is 2.32. The third-order valence-electron chi connectivity index (χ3n) is 3.17. The van der Waals surface area contributed by atoms with Gasteiger partial charge in [-0.25, -0.2) is 0 Å². The van der Waals surface area contributed by atoms with E-state index in [4.69, 9.17) is 12.2 Å². The molecule has 2 nitrogen and oxygen atoms in total. The molecule has 0 aliphatic rings. The van der Waals surface area contributed by atoms with Gasteiger partial charge in [0.15, 0.2) is 4.77 Å². The van der Waals surface area contributed by atoms with Crippen molar-refractivity contribution in [2.75, 3.05) is 6.26 Å². The summed E-state index contributed by atoms with van der Waals surface area (Å²) in [7, 11) is 0. The second-order valence-electron chi connectivity index (χ2n) is 4.35. The van der Waals surface area contributed by atoms with E-state index in [1.807, 2.05) is 36.5 Å². The van der Waals surface area contributed by atoms with Crippen LogP contribution in [-0.4, -0.2) is 15.8 Å². The summed E-state index contributed by atoms with van der Waals surface area (Å²) in [5.41, 5.74) is 3.35. The molecule has 0 amide bonds. The van der Waals surface area contributed by atoms with Crippen LogP contribution in [0.3, 0.4) is 0 Å². The topological polar surface area (TPSA) is 20.7 Å². The summed E-state index contributed by atoms with van der Waals surface area (Å²) in [5, 5.41) is 0. The number of hydrogen-bond acceptors (Lipinski definition) is 2. The number of para-hydroxylation sites is 1. The lowest BCUT2D eigenvalue weighted by molar-refractivity contribution is 1.01. The van der Waals surface area contributed by atoms with Gasteiger partial charge in [-0.15, -0.1) is 11.8 Å². The minimum absolute atomic E-state index is 0.713. The standard InChI is InChI=1S/C16H14N2S2/c1-20-15-10-6-5-9-13(15)18-14(11-17-16(18)19)12-7-3-2-4-8-12/h2-11H,1H3,(H,17,19). The molecule has 0 atom stereocenters. The summed E-state index contributed by atoms with van der Waals surface area (Å²) in [4.78, 5) is 4.36. The first-order valence-electron chi connectivity index (χ1n) is 6.30. The average Bonchev–Trinajstić information content (AvgIpc) is 2.89. The Bertz CT molecular complexity index is 772. The second kappa shape index (κ2) is 5.69. The lowest BCUT2D eigenvalue weighted by Gasteiger charge is -2.12. The molecule has 0 aliphatic carbocycles. The molecular weight excluding hydrogens is 284 g/mol. The monoisotopic (exact) mass is 298 g/mol. The number of nitrogens with one attached hydrogen (secondary N) is 1.